The highest BCUT2D eigenvalue weighted by molar-refractivity contribution is 7.87. The summed E-state index contributed by atoms with van der Waals surface area (Å²) in [6.45, 7) is 2.22. The number of hydrogen-bond donors (Lipinski definition) is 2. The van der Waals surface area contributed by atoms with Crippen LogP contribution in [0.15, 0.2) is 53.4 Å². The highest BCUT2D eigenvalue weighted by Crippen LogP contribution is 2.35. The number of hydrogen-bond acceptors (Lipinski definition) is 5. The van der Waals surface area contributed by atoms with E-state index in [-0.39, 0.29) is 28.0 Å². The van der Waals surface area contributed by atoms with Gasteiger partial charge in [0.05, 0.1) is 11.0 Å². The molecule has 1 amide bonds. The molecule has 0 saturated heterocycles. The zero-order valence-electron chi connectivity index (χ0n) is 21.7. The van der Waals surface area contributed by atoms with Gasteiger partial charge in [-0.05, 0) is 36.8 Å². The van der Waals surface area contributed by atoms with Gasteiger partial charge in [-0.3, -0.25) is 9.89 Å². The standard InChI is InChI=1S/C28H35ClN4O4S/c1-2-3-4-5-6-7-8-9-10-14-17-25(34)31-27-26(37-38(35,36)22-15-12-11-13-16-22)28-30-23-19-18-21(29)20-24(23)33(28)32-27/h11-13,15-16,18-20,32H,2-10,14,17H2,1H3,(H,31,34). The van der Waals surface area contributed by atoms with Crippen LogP contribution in [0.3, 0.4) is 0 Å². The zero-order chi connectivity index (χ0) is 27.0. The van der Waals surface area contributed by atoms with Crippen molar-refractivity contribution >= 4 is 50.1 Å². The number of anilines is 1. The molecule has 0 aliphatic rings. The van der Waals surface area contributed by atoms with Crippen LogP contribution in [0.4, 0.5) is 5.82 Å². The first-order valence-electron chi connectivity index (χ1n) is 13.4. The fraction of sp³-hybridized carbons (Fsp3) is 0.429. The van der Waals surface area contributed by atoms with Crippen LogP contribution < -0.4 is 9.50 Å². The molecular weight excluding hydrogens is 524 g/mol. The molecule has 0 aliphatic carbocycles. The molecule has 204 valence electrons. The molecule has 0 bridgehead atoms. The predicted molar refractivity (Wildman–Crippen MR) is 151 cm³/mol. The van der Waals surface area contributed by atoms with Crippen LogP contribution in [0.25, 0.3) is 16.7 Å². The van der Waals surface area contributed by atoms with Gasteiger partial charge >= 0.3 is 10.1 Å². The van der Waals surface area contributed by atoms with Crippen molar-refractivity contribution in [1.82, 2.24) is 14.6 Å². The van der Waals surface area contributed by atoms with Crippen molar-refractivity contribution in [1.29, 1.82) is 0 Å². The maximum Gasteiger partial charge on any atom is 0.339 e. The van der Waals surface area contributed by atoms with Gasteiger partial charge in [0.15, 0.2) is 5.82 Å². The number of nitrogens with zero attached hydrogens (tertiary/aromatic N) is 2. The first-order chi connectivity index (χ1) is 18.4. The number of fused-ring (bicyclic) bond motifs is 3. The molecule has 2 aromatic carbocycles. The third-order valence-corrected chi connectivity index (χ3v) is 7.99. The lowest BCUT2D eigenvalue weighted by Crippen LogP contribution is -2.15. The maximum atomic E-state index is 13.0. The Kier molecular flexibility index (Phi) is 9.69. The van der Waals surface area contributed by atoms with Gasteiger partial charge in [0.2, 0.25) is 17.3 Å². The van der Waals surface area contributed by atoms with Crippen molar-refractivity contribution in [3.05, 3.63) is 53.6 Å². The topological polar surface area (TPSA) is 106 Å². The largest absolute Gasteiger partial charge is 0.371 e. The second-order valence-corrected chi connectivity index (χ2v) is 11.5. The molecule has 0 atom stereocenters. The van der Waals surface area contributed by atoms with Gasteiger partial charge in [0, 0.05) is 11.4 Å². The molecule has 0 saturated carbocycles. The van der Waals surface area contributed by atoms with Crippen molar-refractivity contribution in [3.63, 3.8) is 0 Å². The number of halogens is 1. The van der Waals surface area contributed by atoms with Gasteiger partial charge < -0.3 is 9.50 Å². The van der Waals surface area contributed by atoms with E-state index < -0.39 is 10.1 Å². The minimum Gasteiger partial charge on any atom is -0.371 e. The van der Waals surface area contributed by atoms with Crippen molar-refractivity contribution in [3.8, 4) is 5.75 Å². The number of rotatable bonds is 15. The molecule has 4 aromatic rings. The highest BCUT2D eigenvalue weighted by atomic mass is 35.5. The van der Waals surface area contributed by atoms with E-state index in [0.29, 0.717) is 22.5 Å². The molecule has 8 nitrogen and oxygen atoms in total. The average molecular weight is 559 g/mol. The van der Waals surface area contributed by atoms with Crippen molar-refractivity contribution in [2.75, 3.05) is 5.32 Å². The quantitative estimate of drug-likeness (QED) is 0.116. The first-order valence-corrected chi connectivity index (χ1v) is 15.2. The lowest BCUT2D eigenvalue weighted by Gasteiger charge is -2.08. The SMILES string of the molecule is CCCCCCCCCCCCC(=O)Nc1[nH]n2c(nc3ccc(Cl)cc32)c1OS(=O)(=O)c1ccccc1. The Balaban J connectivity index is 1.43. The Labute approximate surface area is 228 Å². The predicted octanol–water partition coefficient (Wildman–Crippen LogP) is 7.49. The zero-order valence-corrected chi connectivity index (χ0v) is 23.3. The van der Waals surface area contributed by atoms with Gasteiger partial charge in [-0.15, -0.1) is 0 Å². The van der Waals surface area contributed by atoms with Crippen LogP contribution in [-0.4, -0.2) is 28.9 Å². The number of benzene rings is 2. The summed E-state index contributed by atoms with van der Waals surface area (Å²) in [7, 11) is -4.17. The Morgan fingerprint density at radius 2 is 1.63 bits per heavy atom. The molecule has 2 heterocycles. The smallest absolute Gasteiger partial charge is 0.339 e. The Morgan fingerprint density at radius 1 is 0.974 bits per heavy atom. The van der Waals surface area contributed by atoms with Crippen molar-refractivity contribution in [2.24, 2.45) is 0 Å². The minimum absolute atomic E-state index is 0.00106. The van der Waals surface area contributed by atoms with Crippen LogP contribution in [0, 0.1) is 0 Å². The van der Waals surface area contributed by atoms with E-state index in [9.17, 15) is 13.2 Å². The maximum absolute atomic E-state index is 13.0. The monoisotopic (exact) mass is 558 g/mol. The number of carbonyl (C=O) groups is 1. The van der Waals surface area contributed by atoms with E-state index in [1.165, 1.54) is 57.1 Å². The molecule has 10 heteroatoms. The molecule has 4 rings (SSSR count). The number of imidazole rings is 1. The molecule has 0 spiro atoms. The summed E-state index contributed by atoms with van der Waals surface area (Å²) < 4.78 is 33.1. The minimum atomic E-state index is -4.17. The summed E-state index contributed by atoms with van der Waals surface area (Å²) in [4.78, 5) is 17.3. The van der Waals surface area contributed by atoms with E-state index in [1.54, 1.807) is 40.9 Å². The number of aromatic amines is 1. The van der Waals surface area contributed by atoms with Crippen molar-refractivity contribution in [2.45, 2.75) is 82.4 Å². The van der Waals surface area contributed by atoms with Gasteiger partial charge in [-0.25, -0.2) is 9.50 Å². The fourth-order valence-corrected chi connectivity index (χ4v) is 5.60. The second-order valence-electron chi connectivity index (χ2n) is 9.55. The van der Waals surface area contributed by atoms with Crippen LogP contribution in [0.5, 0.6) is 5.75 Å². The van der Waals surface area contributed by atoms with E-state index >= 15 is 0 Å². The van der Waals surface area contributed by atoms with E-state index in [1.807, 2.05) is 0 Å². The Bertz CT molecular complexity index is 1460. The first kappa shape index (κ1) is 28.0. The van der Waals surface area contributed by atoms with Gasteiger partial charge in [0.25, 0.3) is 0 Å². The molecule has 2 N–H and O–H groups in total. The normalized spacial score (nSPS) is 11.8. The number of aromatic nitrogens is 3. The highest BCUT2D eigenvalue weighted by Gasteiger charge is 2.26. The molecular formula is C28H35ClN4O4S. The summed E-state index contributed by atoms with van der Waals surface area (Å²) in [6, 6.07) is 13.0. The van der Waals surface area contributed by atoms with E-state index in [0.717, 1.165) is 19.3 Å². The van der Waals surface area contributed by atoms with Crippen LogP contribution >= 0.6 is 11.6 Å². The molecule has 38 heavy (non-hydrogen) atoms. The lowest BCUT2D eigenvalue weighted by molar-refractivity contribution is -0.116. The summed E-state index contributed by atoms with van der Waals surface area (Å²) in [5.41, 5.74) is 1.46. The number of amides is 1. The Morgan fingerprint density at radius 3 is 2.32 bits per heavy atom. The summed E-state index contributed by atoms with van der Waals surface area (Å²) >= 11 is 6.17. The summed E-state index contributed by atoms with van der Waals surface area (Å²) in [6.07, 6.45) is 12.1. The molecule has 0 aliphatic heterocycles. The van der Waals surface area contributed by atoms with E-state index in [2.05, 4.69) is 22.3 Å². The van der Waals surface area contributed by atoms with Gasteiger partial charge in [-0.2, -0.15) is 8.42 Å². The average Bonchev–Trinajstić information content (AvgIpc) is 3.41. The Hall–Kier alpha value is -3.04. The van der Waals surface area contributed by atoms with Crippen LogP contribution in [0.2, 0.25) is 5.02 Å². The molecule has 0 unspecified atom stereocenters. The van der Waals surface area contributed by atoms with Crippen LogP contribution in [-0.2, 0) is 14.9 Å². The van der Waals surface area contributed by atoms with Crippen LogP contribution in [0.1, 0.15) is 77.6 Å². The fourth-order valence-electron chi connectivity index (χ4n) is 4.47. The third kappa shape index (κ3) is 7.08. The summed E-state index contributed by atoms with van der Waals surface area (Å²) in [5, 5.41) is 6.32. The number of carbonyl (C=O) groups excluding carboxylic acids is 1. The lowest BCUT2D eigenvalue weighted by atomic mass is 10.1. The second kappa shape index (κ2) is 13.2. The number of unbranched alkanes of at least 4 members (excludes halogenated alkanes) is 9. The summed E-state index contributed by atoms with van der Waals surface area (Å²) in [5.74, 6) is -0.165. The number of H-pyrrole nitrogens is 1. The van der Waals surface area contributed by atoms with Gasteiger partial charge in [0.1, 0.15) is 4.90 Å². The molecule has 0 fully saturated rings. The third-order valence-electron chi connectivity index (χ3n) is 6.52. The molecule has 2 aromatic heterocycles. The van der Waals surface area contributed by atoms with E-state index in [4.69, 9.17) is 15.8 Å². The number of nitrogens with one attached hydrogen (secondary N) is 2. The molecule has 0 radical (unpaired) electrons. The van der Waals surface area contributed by atoms with Gasteiger partial charge in [-0.1, -0.05) is 94.5 Å². The van der Waals surface area contributed by atoms with Crippen molar-refractivity contribution < 1.29 is 17.4 Å².